The number of carboxylic acids is 2. The highest BCUT2D eigenvalue weighted by Gasteiger charge is 2.43. The summed E-state index contributed by atoms with van der Waals surface area (Å²) in [6.45, 7) is 1.63. The van der Waals surface area contributed by atoms with E-state index in [0.717, 1.165) is 6.07 Å². The Hall–Kier alpha value is -2.47. The average molecular weight is 305 g/mol. The maximum Gasteiger partial charge on any atom is 0.331 e. The highest BCUT2D eigenvalue weighted by molar-refractivity contribution is 5.94. The van der Waals surface area contributed by atoms with Gasteiger partial charge in [-0.2, -0.15) is 0 Å². The van der Waals surface area contributed by atoms with Crippen LogP contribution in [0.5, 0.6) is 0 Å². The van der Waals surface area contributed by atoms with Gasteiger partial charge < -0.3 is 15.9 Å². The molecule has 0 amide bonds. The van der Waals surface area contributed by atoms with Crippen LogP contribution < -0.4 is 5.73 Å². The van der Waals surface area contributed by atoms with Crippen molar-refractivity contribution in [3.63, 3.8) is 0 Å². The third-order valence-corrected chi connectivity index (χ3v) is 3.96. The van der Waals surface area contributed by atoms with Gasteiger partial charge in [0.2, 0.25) is 0 Å². The van der Waals surface area contributed by atoms with E-state index in [2.05, 4.69) is 0 Å². The SMILES string of the molecule is CC1=C(C(=O)O)CC(C(=O)O)(c2cc(F)ccc2CN)C=C1. The average Bonchev–Trinajstić information content (AvgIpc) is 2.47. The zero-order chi connectivity index (χ0) is 16.5. The number of benzene rings is 1. The van der Waals surface area contributed by atoms with Gasteiger partial charge in [-0.1, -0.05) is 18.2 Å². The third kappa shape index (κ3) is 2.53. The van der Waals surface area contributed by atoms with Crippen LogP contribution in [0.25, 0.3) is 0 Å². The molecular formula is C16H16FNO4. The van der Waals surface area contributed by atoms with Crippen molar-refractivity contribution in [3.8, 4) is 0 Å². The second-order valence-electron chi connectivity index (χ2n) is 5.26. The van der Waals surface area contributed by atoms with E-state index < -0.39 is 23.2 Å². The summed E-state index contributed by atoms with van der Waals surface area (Å²) in [6.07, 6.45) is 2.60. The normalized spacial score (nSPS) is 21.0. The fourth-order valence-corrected chi connectivity index (χ4v) is 2.68. The molecule has 0 saturated heterocycles. The molecule has 6 heteroatoms. The summed E-state index contributed by atoms with van der Waals surface area (Å²) in [5.74, 6) is -3.02. The fraction of sp³-hybridized carbons (Fsp3) is 0.250. The monoisotopic (exact) mass is 305 g/mol. The van der Waals surface area contributed by atoms with Gasteiger partial charge in [0.25, 0.3) is 0 Å². The highest BCUT2D eigenvalue weighted by Crippen LogP contribution is 2.40. The van der Waals surface area contributed by atoms with Crippen LogP contribution in [0.3, 0.4) is 0 Å². The molecule has 0 aromatic heterocycles. The lowest BCUT2D eigenvalue weighted by Gasteiger charge is -2.32. The first kappa shape index (κ1) is 15.9. The summed E-state index contributed by atoms with van der Waals surface area (Å²) in [6, 6.07) is 3.74. The summed E-state index contributed by atoms with van der Waals surface area (Å²) in [4.78, 5) is 23.2. The van der Waals surface area contributed by atoms with E-state index in [-0.39, 0.29) is 24.1 Å². The zero-order valence-electron chi connectivity index (χ0n) is 12.0. The van der Waals surface area contributed by atoms with Gasteiger partial charge in [-0.15, -0.1) is 0 Å². The Balaban J connectivity index is 2.68. The topological polar surface area (TPSA) is 101 Å². The first-order chi connectivity index (χ1) is 10.3. The predicted molar refractivity (Wildman–Crippen MR) is 77.7 cm³/mol. The first-order valence-electron chi connectivity index (χ1n) is 6.66. The van der Waals surface area contributed by atoms with E-state index in [4.69, 9.17) is 5.73 Å². The van der Waals surface area contributed by atoms with Gasteiger partial charge in [0.15, 0.2) is 0 Å². The Bertz CT molecular complexity index is 708. The number of nitrogens with two attached hydrogens (primary N) is 1. The van der Waals surface area contributed by atoms with Crippen molar-refractivity contribution in [1.82, 2.24) is 0 Å². The Morgan fingerprint density at radius 3 is 2.59 bits per heavy atom. The quantitative estimate of drug-likeness (QED) is 0.789. The first-order valence-corrected chi connectivity index (χ1v) is 6.66. The minimum absolute atomic E-state index is 0.00265. The fourth-order valence-electron chi connectivity index (χ4n) is 2.68. The number of carboxylic acid groups (broad SMARTS) is 2. The van der Waals surface area contributed by atoms with Crippen LogP contribution >= 0.6 is 0 Å². The van der Waals surface area contributed by atoms with Crippen molar-refractivity contribution >= 4 is 11.9 Å². The Labute approximate surface area is 126 Å². The molecule has 0 heterocycles. The summed E-state index contributed by atoms with van der Waals surface area (Å²) in [5, 5.41) is 19.0. The standard InChI is InChI=1S/C16H16FNO4/c1-9-4-5-16(15(21)22,7-12(9)14(19)20)13-6-11(17)3-2-10(13)8-18/h2-6H,7-8,18H2,1H3,(H,19,20)(H,21,22). The molecule has 1 aromatic carbocycles. The van der Waals surface area contributed by atoms with Gasteiger partial charge in [-0.25, -0.2) is 9.18 Å². The van der Waals surface area contributed by atoms with E-state index in [9.17, 15) is 24.2 Å². The molecule has 1 atom stereocenters. The number of aliphatic carboxylic acids is 2. The Morgan fingerprint density at radius 1 is 1.36 bits per heavy atom. The van der Waals surface area contributed by atoms with E-state index in [0.29, 0.717) is 11.1 Å². The third-order valence-electron chi connectivity index (χ3n) is 3.96. The van der Waals surface area contributed by atoms with Crippen molar-refractivity contribution in [2.75, 3.05) is 0 Å². The second-order valence-corrected chi connectivity index (χ2v) is 5.26. The molecule has 0 spiro atoms. The molecule has 0 radical (unpaired) electrons. The van der Waals surface area contributed by atoms with E-state index in [1.54, 1.807) is 6.92 Å². The van der Waals surface area contributed by atoms with E-state index >= 15 is 0 Å². The van der Waals surface area contributed by atoms with Crippen LogP contribution in [0.4, 0.5) is 4.39 Å². The maximum absolute atomic E-state index is 13.6. The number of hydrogen-bond acceptors (Lipinski definition) is 3. The number of carbonyl (C=O) groups is 2. The second kappa shape index (κ2) is 5.73. The highest BCUT2D eigenvalue weighted by atomic mass is 19.1. The van der Waals surface area contributed by atoms with Crippen molar-refractivity contribution in [3.05, 3.63) is 58.4 Å². The molecular weight excluding hydrogens is 289 g/mol. The van der Waals surface area contributed by atoms with Crippen molar-refractivity contribution in [2.24, 2.45) is 5.73 Å². The molecule has 2 rings (SSSR count). The van der Waals surface area contributed by atoms with Crippen LogP contribution in [-0.2, 0) is 21.5 Å². The number of allylic oxidation sites excluding steroid dienone is 2. The van der Waals surface area contributed by atoms with Gasteiger partial charge in [-0.3, -0.25) is 4.79 Å². The molecule has 116 valence electrons. The maximum atomic E-state index is 13.6. The number of halogens is 1. The van der Waals surface area contributed by atoms with Gasteiger partial charge in [-0.05, 0) is 35.8 Å². The van der Waals surface area contributed by atoms with E-state index in [1.165, 1.54) is 24.3 Å². The van der Waals surface area contributed by atoms with Crippen LogP contribution in [-0.4, -0.2) is 22.2 Å². The molecule has 0 saturated carbocycles. The lowest BCUT2D eigenvalue weighted by molar-refractivity contribution is -0.142. The summed E-state index contributed by atoms with van der Waals surface area (Å²) >= 11 is 0. The lowest BCUT2D eigenvalue weighted by atomic mass is 9.70. The van der Waals surface area contributed by atoms with Crippen LogP contribution in [0.1, 0.15) is 24.5 Å². The van der Waals surface area contributed by atoms with Gasteiger partial charge >= 0.3 is 11.9 Å². The van der Waals surface area contributed by atoms with Crippen LogP contribution in [0, 0.1) is 5.82 Å². The molecule has 22 heavy (non-hydrogen) atoms. The minimum Gasteiger partial charge on any atom is -0.480 e. The molecule has 1 unspecified atom stereocenters. The van der Waals surface area contributed by atoms with Gasteiger partial charge in [0, 0.05) is 18.5 Å². The summed E-state index contributed by atoms with van der Waals surface area (Å²) < 4.78 is 13.6. The van der Waals surface area contributed by atoms with Gasteiger partial charge in [0.1, 0.15) is 11.2 Å². The van der Waals surface area contributed by atoms with Gasteiger partial charge in [0.05, 0.1) is 0 Å². The Morgan fingerprint density at radius 2 is 2.05 bits per heavy atom. The Kier molecular flexibility index (Phi) is 4.14. The van der Waals surface area contributed by atoms with Crippen molar-refractivity contribution < 1.29 is 24.2 Å². The largest absolute Gasteiger partial charge is 0.480 e. The smallest absolute Gasteiger partial charge is 0.331 e. The predicted octanol–water partition coefficient (Wildman–Crippen LogP) is 1.97. The molecule has 5 nitrogen and oxygen atoms in total. The summed E-state index contributed by atoms with van der Waals surface area (Å²) in [7, 11) is 0. The lowest BCUT2D eigenvalue weighted by Crippen LogP contribution is -2.38. The molecule has 1 aliphatic rings. The minimum atomic E-state index is -1.63. The molecule has 1 aliphatic carbocycles. The zero-order valence-corrected chi connectivity index (χ0v) is 12.0. The molecule has 0 fully saturated rings. The van der Waals surface area contributed by atoms with Crippen LogP contribution in [0.2, 0.25) is 0 Å². The summed E-state index contributed by atoms with van der Waals surface area (Å²) in [5.41, 5.74) is 5.12. The number of hydrogen-bond donors (Lipinski definition) is 3. The number of rotatable bonds is 4. The molecule has 1 aromatic rings. The van der Waals surface area contributed by atoms with Crippen molar-refractivity contribution in [1.29, 1.82) is 0 Å². The molecule has 0 aliphatic heterocycles. The molecule has 4 N–H and O–H groups in total. The molecule has 0 bridgehead atoms. The van der Waals surface area contributed by atoms with E-state index in [1.807, 2.05) is 0 Å². The van der Waals surface area contributed by atoms with Crippen LogP contribution in [0.15, 0.2) is 41.5 Å². The van der Waals surface area contributed by atoms with Crippen molar-refractivity contribution in [2.45, 2.75) is 25.3 Å².